The first-order valence-electron chi connectivity index (χ1n) is 8.28. The molecular weight excluding hydrogens is 383 g/mol. The third kappa shape index (κ3) is 5.17. The van der Waals surface area contributed by atoms with Crippen molar-refractivity contribution in [2.24, 2.45) is 0 Å². The van der Waals surface area contributed by atoms with Gasteiger partial charge in [-0.25, -0.2) is 14.4 Å². The van der Waals surface area contributed by atoms with Crippen LogP contribution in [0.3, 0.4) is 0 Å². The van der Waals surface area contributed by atoms with Crippen LogP contribution in [0.1, 0.15) is 5.69 Å². The van der Waals surface area contributed by atoms with Crippen LogP contribution >= 0.6 is 11.8 Å². The van der Waals surface area contributed by atoms with E-state index >= 15 is 0 Å². The van der Waals surface area contributed by atoms with E-state index in [0.29, 0.717) is 22.3 Å². The molecule has 0 saturated carbocycles. The maximum absolute atomic E-state index is 13.0. The lowest BCUT2D eigenvalue weighted by Crippen LogP contribution is -2.22. The molecule has 3 aromatic rings. The molecule has 0 aliphatic heterocycles. The first-order chi connectivity index (χ1) is 13.5. The van der Waals surface area contributed by atoms with Crippen molar-refractivity contribution in [2.75, 3.05) is 12.4 Å². The van der Waals surface area contributed by atoms with Gasteiger partial charge in [-0.2, -0.15) is 0 Å². The number of amides is 1. The molecule has 144 valence electrons. The van der Waals surface area contributed by atoms with Crippen LogP contribution in [0.25, 0.3) is 0 Å². The fraction of sp³-hybridized carbons (Fsp3) is 0.158. The second-order valence-corrected chi connectivity index (χ2v) is 6.64. The molecule has 28 heavy (non-hydrogen) atoms. The molecule has 1 aromatic carbocycles. The molecule has 0 atom stereocenters. The van der Waals surface area contributed by atoms with E-state index in [1.807, 2.05) is 0 Å². The van der Waals surface area contributed by atoms with Gasteiger partial charge in [-0.05, 0) is 30.3 Å². The molecular formula is C19H17FN4O3S. The minimum Gasteiger partial charge on any atom is -0.491 e. The minimum absolute atomic E-state index is 0.0421. The van der Waals surface area contributed by atoms with Crippen LogP contribution in [0, 0.1) is 5.82 Å². The molecule has 0 bridgehead atoms. The lowest BCUT2D eigenvalue weighted by molar-refractivity contribution is -0.116. The van der Waals surface area contributed by atoms with Gasteiger partial charge in [0.25, 0.3) is 0 Å². The summed E-state index contributed by atoms with van der Waals surface area (Å²) in [7, 11) is 1.39. The number of carbonyl (C=O) groups is 1. The molecule has 7 nitrogen and oxygen atoms in total. The molecule has 1 N–H and O–H groups in total. The summed E-state index contributed by atoms with van der Waals surface area (Å²) in [4.78, 5) is 32.8. The largest absolute Gasteiger partial charge is 0.491 e. The van der Waals surface area contributed by atoms with Crippen LogP contribution in [0.5, 0.6) is 5.75 Å². The molecule has 0 saturated heterocycles. The zero-order valence-electron chi connectivity index (χ0n) is 15.0. The van der Waals surface area contributed by atoms with Crippen molar-refractivity contribution in [3.05, 3.63) is 76.7 Å². The molecule has 0 unspecified atom stereocenters. The molecule has 2 heterocycles. The van der Waals surface area contributed by atoms with Crippen molar-refractivity contribution in [3.63, 3.8) is 0 Å². The van der Waals surface area contributed by atoms with Crippen LogP contribution in [-0.2, 0) is 17.1 Å². The number of thioether (sulfide) groups is 1. The second-order valence-electron chi connectivity index (χ2n) is 5.70. The fourth-order valence-corrected chi connectivity index (χ4v) is 3.20. The lowest BCUT2D eigenvalue weighted by atomic mass is 10.3. The van der Waals surface area contributed by atoms with Gasteiger partial charge in [0.15, 0.2) is 10.9 Å². The van der Waals surface area contributed by atoms with Crippen molar-refractivity contribution < 1.29 is 13.9 Å². The number of carbonyl (C=O) groups excluding carboxylic acids is 1. The van der Waals surface area contributed by atoms with Gasteiger partial charge in [0.2, 0.25) is 11.3 Å². The van der Waals surface area contributed by atoms with Crippen LogP contribution in [-0.4, -0.2) is 27.6 Å². The average Bonchev–Trinajstić information content (AvgIpc) is 2.70. The lowest BCUT2D eigenvalue weighted by Gasteiger charge is -2.14. The Labute approximate surface area is 164 Å². The molecule has 0 radical (unpaired) electrons. The predicted molar refractivity (Wildman–Crippen MR) is 104 cm³/mol. The zero-order valence-corrected chi connectivity index (χ0v) is 15.8. The Morgan fingerprint density at radius 2 is 1.96 bits per heavy atom. The first kappa shape index (κ1) is 19.6. The van der Waals surface area contributed by atoms with E-state index in [4.69, 9.17) is 4.74 Å². The van der Waals surface area contributed by atoms with Crippen LogP contribution < -0.4 is 15.5 Å². The number of anilines is 1. The number of hydrogen-bond donors (Lipinski definition) is 1. The van der Waals surface area contributed by atoms with Crippen molar-refractivity contribution in [1.29, 1.82) is 0 Å². The van der Waals surface area contributed by atoms with Crippen LogP contribution in [0.4, 0.5) is 10.1 Å². The number of benzene rings is 1. The Balaban J connectivity index is 1.78. The second kappa shape index (κ2) is 9.14. The van der Waals surface area contributed by atoms with Crippen molar-refractivity contribution in [1.82, 2.24) is 14.5 Å². The van der Waals surface area contributed by atoms with Gasteiger partial charge in [0.05, 0.1) is 13.3 Å². The Morgan fingerprint density at radius 3 is 2.64 bits per heavy atom. The minimum atomic E-state index is -0.384. The molecule has 1 amide bonds. The number of nitrogens with zero attached hydrogens (tertiary/aromatic N) is 3. The summed E-state index contributed by atoms with van der Waals surface area (Å²) in [6.45, 7) is -0.0421. The highest BCUT2D eigenvalue weighted by atomic mass is 32.2. The monoisotopic (exact) mass is 400 g/mol. The van der Waals surface area contributed by atoms with Gasteiger partial charge >= 0.3 is 0 Å². The summed E-state index contributed by atoms with van der Waals surface area (Å²) in [5, 5.41) is 3.26. The number of rotatable bonds is 7. The van der Waals surface area contributed by atoms with Crippen molar-refractivity contribution in [2.45, 2.75) is 17.5 Å². The number of methoxy groups -OCH3 is 1. The van der Waals surface area contributed by atoms with Gasteiger partial charge in [-0.15, -0.1) is 0 Å². The predicted octanol–water partition coefficient (Wildman–Crippen LogP) is 2.72. The molecule has 2 aromatic heterocycles. The number of halogens is 1. The Morgan fingerprint density at radius 1 is 1.25 bits per heavy atom. The standard InChI is InChI=1S/C19H17FN4O3S/c1-27-17-10-24(11-18(26)23-14-5-3-13(20)4-6-14)15(9-16(17)25)12-28-19-21-7-2-8-22-19/h2-10H,11-12H2,1H3,(H,23,26). The summed E-state index contributed by atoms with van der Waals surface area (Å²) >= 11 is 1.35. The van der Waals surface area contributed by atoms with E-state index in [2.05, 4.69) is 15.3 Å². The van der Waals surface area contributed by atoms with Crippen molar-refractivity contribution >= 4 is 23.4 Å². The fourth-order valence-electron chi connectivity index (χ4n) is 2.41. The molecule has 0 aliphatic rings. The summed E-state index contributed by atoms with van der Waals surface area (Å²) < 4.78 is 19.7. The normalized spacial score (nSPS) is 10.5. The summed E-state index contributed by atoms with van der Waals surface area (Å²) in [5.41, 5.74) is 0.827. The number of aromatic nitrogens is 3. The number of nitrogens with one attached hydrogen (secondary N) is 1. The highest BCUT2D eigenvalue weighted by molar-refractivity contribution is 7.98. The molecule has 3 rings (SSSR count). The highest BCUT2D eigenvalue weighted by Gasteiger charge is 2.12. The molecule has 9 heteroatoms. The van der Waals surface area contributed by atoms with Gasteiger partial charge in [-0.3, -0.25) is 9.59 Å². The Kier molecular flexibility index (Phi) is 6.38. The number of pyridine rings is 1. The van der Waals surface area contributed by atoms with E-state index in [1.165, 1.54) is 55.4 Å². The van der Waals surface area contributed by atoms with Gasteiger partial charge < -0.3 is 14.6 Å². The van der Waals surface area contributed by atoms with Gasteiger partial charge in [0.1, 0.15) is 12.4 Å². The van der Waals surface area contributed by atoms with Gasteiger partial charge in [-0.1, -0.05) is 11.8 Å². The SMILES string of the molecule is COc1cn(CC(=O)Nc2ccc(F)cc2)c(CSc2ncccn2)cc1=O. The molecule has 0 spiro atoms. The molecule has 0 fully saturated rings. The topological polar surface area (TPSA) is 86.1 Å². The Bertz CT molecular complexity index is 1010. The van der Waals surface area contributed by atoms with Crippen molar-refractivity contribution in [3.8, 4) is 5.75 Å². The maximum Gasteiger partial charge on any atom is 0.244 e. The average molecular weight is 400 g/mol. The third-order valence-electron chi connectivity index (χ3n) is 3.74. The molecule has 0 aliphatic carbocycles. The maximum atomic E-state index is 13.0. The first-order valence-corrected chi connectivity index (χ1v) is 9.26. The van der Waals surface area contributed by atoms with E-state index in [9.17, 15) is 14.0 Å². The van der Waals surface area contributed by atoms with E-state index < -0.39 is 0 Å². The third-order valence-corrected chi connectivity index (χ3v) is 4.64. The number of hydrogen-bond acceptors (Lipinski definition) is 6. The quantitative estimate of drug-likeness (QED) is 0.485. The van der Waals surface area contributed by atoms with Crippen LogP contribution in [0.2, 0.25) is 0 Å². The smallest absolute Gasteiger partial charge is 0.244 e. The number of ether oxygens (including phenoxy) is 1. The van der Waals surface area contributed by atoms with E-state index in [1.54, 1.807) is 23.0 Å². The van der Waals surface area contributed by atoms with E-state index in [-0.39, 0.29) is 29.4 Å². The van der Waals surface area contributed by atoms with E-state index in [0.717, 1.165) is 0 Å². The van der Waals surface area contributed by atoms with Gasteiger partial charge in [0, 0.05) is 35.6 Å². The van der Waals surface area contributed by atoms with Crippen LogP contribution in [0.15, 0.2) is 64.9 Å². The summed E-state index contributed by atoms with van der Waals surface area (Å²) in [6, 6.07) is 8.62. The summed E-state index contributed by atoms with van der Waals surface area (Å²) in [6.07, 6.45) is 4.76. The summed E-state index contributed by atoms with van der Waals surface area (Å²) in [5.74, 6) is -0.169. The zero-order chi connectivity index (χ0) is 19.9. The Hall–Kier alpha value is -3.20. The highest BCUT2D eigenvalue weighted by Crippen LogP contribution is 2.19.